The van der Waals surface area contributed by atoms with Gasteiger partial charge in [0, 0.05) is 11.6 Å². The number of rotatable bonds is 4. The Labute approximate surface area is 121 Å². The lowest BCUT2D eigenvalue weighted by Crippen LogP contribution is -2.31. The Kier molecular flexibility index (Phi) is 4.81. The van der Waals surface area contributed by atoms with Gasteiger partial charge in [-0.25, -0.2) is 15.8 Å². The number of nitrogen functional groups attached to an aromatic ring is 1. The molecule has 0 saturated heterocycles. The molecular formula is C15H27N5. The summed E-state index contributed by atoms with van der Waals surface area (Å²) in [7, 11) is 0. The Bertz CT molecular complexity index is 446. The Morgan fingerprint density at radius 1 is 1.15 bits per heavy atom. The highest BCUT2D eigenvalue weighted by Gasteiger charge is 2.26. The fourth-order valence-corrected chi connectivity index (χ4v) is 3.04. The lowest BCUT2D eigenvalue weighted by Gasteiger charge is -2.33. The number of hydrogen-bond acceptors (Lipinski definition) is 5. The molecule has 1 aliphatic rings. The lowest BCUT2D eigenvalue weighted by molar-refractivity contribution is 0.260. The van der Waals surface area contributed by atoms with Gasteiger partial charge in [-0.15, -0.1) is 0 Å². The first-order chi connectivity index (χ1) is 9.52. The molecule has 5 heteroatoms. The van der Waals surface area contributed by atoms with Gasteiger partial charge in [0.1, 0.15) is 18.0 Å². The van der Waals surface area contributed by atoms with Gasteiger partial charge in [0.25, 0.3) is 0 Å². The van der Waals surface area contributed by atoms with Crippen LogP contribution < -0.4 is 16.6 Å². The molecule has 4 N–H and O–H groups in total. The van der Waals surface area contributed by atoms with Crippen molar-refractivity contribution in [2.75, 3.05) is 10.7 Å². The summed E-state index contributed by atoms with van der Waals surface area (Å²) in [6.07, 6.45) is 5.26. The van der Waals surface area contributed by atoms with E-state index in [9.17, 15) is 0 Å². The van der Waals surface area contributed by atoms with Crippen molar-refractivity contribution in [3.63, 3.8) is 0 Å². The monoisotopic (exact) mass is 277 g/mol. The molecule has 1 saturated carbocycles. The maximum absolute atomic E-state index is 5.56. The highest BCUT2D eigenvalue weighted by atomic mass is 15.3. The van der Waals surface area contributed by atoms with Crippen LogP contribution in [0.5, 0.6) is 0 Å². The second-order valence-corrected chi connectivity index (χ2v) is 6.39. The molecule has 3 unspecified atom stereocenters. The van der Waals surface area contributed by atoms with Gasteiger partial charge in [-0.05, 0) is 37.0 Å². The second kappa shape index (κ2) is 6.39. The van der Waals surface area contributed by atoms with Crippen LogP contribution in [0.3, 0.4) is 0 Å². The molecule has 3 atom stereocenters. The van der Waals surface area contributed by atoms with Crippen molar-refractivity contribution in [3.05, 3.63) is 11.9 Å². The number of nitrogens with one attached hydrogen (secondary N) is 2. The van der Waals surface area contributed by atoms with Gasteiger partial charge in [0.05, 0.1) is 0 Å². The van der Waals surface area contributed by atoms with Crippen LogP contribution in [0.15, 0.2) is 6.33 Å². The summed E-state index contributed by atoms with van der Waals surface area (Å²) >= 11 is 0. The molecule has 1 aromatic rings. The first-order valence-electron chi connectivity index (χ1n) is 7.61. The molecule has 0 spiro atoms. The highest BCUT2D eigenvalue weighted by molar-refractivity contribution is 5.58. The molecule has 1 heterocycles. The van der Waals surface area contributed by atoms with Crippen LogP contribution in [-0.4, -0.2) is 16.0 Å². The minimum absolute atomic E-state index is 0.324. The van der Waals surface area contributed by atoms with Gasteiger partial charge in [-0.1, -0.05) is 27.7 Å². The van der Waals surface area contributed by atoms with E-state index in [1.54, 1.807) is 6.33 Å². The summed E-state index contributed by atoms with van der Waals surface area (Å²) in [6.45, 7) is 8.96. The Balaban J connectivity index is 2.17. The van der Waals surface area contributed by atoms with Gasteiger partial charge in [-0.2, -0.15) is 0 Å². The lowest BCUT2D eigenvalue weighted by atomic mass is 9.79. The summed E-state index contributed by atoms with van der Waals surface area (Å²) in [5.74, 6) is 9.11. The van der Waals surface area contributed by atoms with Gasteiger partial charge < -0.3 is 10.7 Å². The maximum atomic E-state index is 5.56. The van der Waals surface area contributed by atoms with Crippen LogP contribution in [0, 0.1) is 11.8 Å². The van der Waals surface area contributed by atoms with Crippen molar-refractivity contribution in [1.29, 1.82) is 0 Å². The summed E-state index contributed by atoms with van der Waals surface area (Å²) in [4.78, 5) is 8.64. The Hall–Kier alpha value is -1.36. The van der Waals surface area contributed by atoms with E-state index in [1.807, 2.05) is 0 Å². The van der Waals surface area contributed by atoms with Crippen LogP contribution in [0.25, 0.3) is 0 Å². The minimum Gasteiger partial charge on any atom is -0.367 e. The quantitative estimate of drug-likeness (QED) is 0.582. The van der Waals surface area contributed by atoms with E-state index in [2.05, 4.69) is 48.4 Å². The van der Waals surface area contributed by atoms with Crippen molar-refractivity contribution in [2.24, 2.45) is 17.7 Å². The zero-order chi connectivity index (χ0) is 14.7. The molecule has 112 valence electrons. The summed E-state index contributed by atoms with van der Waals surface area (Å²) < 4.78 is 0. The standard InChI is InChI=1S/C15H27N5/c1-9(2)13-14(17-8-18-15(13)20-16)19-12-6-5-10(3)11(4)7-12/h8-12H,5-7,16H2,1-4H3,(H2,17,18,19,20). The molecule has 0 radical (unpaired) electrons. The third-order valence-corrected chi connectivity index (χ3v) is 4.54. The fourth-order valence-electron chi connectivity index (χ4n) is 3.04. The molecule has 1 fully saturated rings. The molecule has 0 aliphatic heterocycles. The zero-order valence-corrected chi connectivity index (χ0v) is 13.0. The SMILES string of the molecule is CC(C)c1c(NN)ncnc1NC1CCC(C)C(C)C1. The summed E-state index contributed by atoms with van der Waals surface area (Å²) in [6, 6.07) is 0.499. The molecule has 2 rings (SSSR count). The molecule has 0 aromatic carbocycles. The molecule has 1 aromatic heterocycles. The van der Waals surface area contributed by atoms with Crippen LogP contribution in [0.2, 0.25) is 0 Å². The normalized spacial score (nSPS) is 26.6. The van der Waals surface area contributed by atoms with E-state index < -0.39 is 0 Å². The number of nitrogens with zero attached hydrogens (tertiary/aromatic N) is 2. The van der Waals surface area contributed by atoms with E-state index in [0.29, 0.717) is 12.0 Å². The number of nitrogens with two attached hydrogens (primary N) is 1. The minimum atomic E-state index is 0.324. The Morgan fingerprint density at radius 2 is 1.85 bits per heavy atom. The predicted molar refractivity (Wildman–Crippen MR) is 83.5 cm³/mol. The highest BCUT2D eigenvalue weighted by Crippen LogP contribution is 2.33. The third kappa shape index (κ3) is 3.20. The first-order valence-corrected chi connectivity index (χ1v) is 7.61. The number of hydrazine groups is 1. The molecule has 20 heavy (non-hydrogen) atoms. The van der Waals surface area contributed by atoms with Crippen LogP contribution in [0.4, 0.5) is 11.6 Å². The Morgan fingerprint density at radius 3 is 2.45 bits per heavy atom. The average molecular weight is 277 g/mol. The maximum Gasteiger partial charge on any atom is 0.148 e. The van der Waals surface area contributed by atoms with Gasteiger partial charge in [0.2, 0.25) is 0 Å². The number of anilines is 2. The van der Waals surface area contributed by atoms with Gasteiger partial charge in [-0.3, -0.25) is 0 Å². The smallest absolute Gasteiger partial charge is 0.148 e. The number of hydrogen-bond donors (Lipinski definition) is 3. The van der Waals surface area contributed by atoms with Crippen molar-refractivity contribution < 1.29 is 0 Å². The van der Waals surface area contributed by atoms with E-state index >= 15 is 0 Å². The van der Waals surface area contributed by atoms with Crippen molar-refractivity contribution >= 4 is 11.6 Å². The average Bonchev–Trinajstić information content (AvgIpc) is 2.42. The van der Waals surface area contributed by atoms with Crippen molar-refractivity contribution in [2.45, 2.75) is 58.9 Å². The van der Waals surface area contributed by atoms with E-state index in [0.717, 1.165) is 29.0 Å². The first kappa shape index (κ1) is 15.0. The number of aromatic nitrogens is 2. The molecule has 0 bridgehead atoms. The third-order valence-electron chi connectivity index (χ3n) is 4.54. The van der Waals surface area contributed by atoms with Crippen LogP contribution >= 0.6 is 0 Å². The van der Waals surface area contributed by atoms with E-state index in [4.69, 9.17) is 5.84 Å². The molecular weight excluding hydrogens is 250 g/mol. The predicted octanol–water partition coefficient (Wildman–Crippen LogP) is 3.12. The van der Waals surface area contributed by atoms with Gasteiger partial charge >= 0.3 is 0 Å². The van der Waals surface area contributed by atoms with E-state index in [1.165, 1.54) is 19.3 Å². The molecule has 1 aliphatic carbocycles. The second-order valence-electron chi connectivity index (χ2n) is 6.39. The van der Waals surface area contributed by atoms with Gasteiger partial charge in [0.15, 0.2) is 0 Å². The van der Waals surface area contributed by atoms with Crippen LogP contribution in [0.1, 0.15) is 58.4 Å². The topological polar surface area (TPSA) is 75.9 Å². The summed E-state index contributed by atoms with van der Waals surface area (Å²) in [5.41, 5.74) is 3.75. The summed E-state index contributed by atoms with van der Waals surface area (Å²) in [5, 5.41) is 3.61. The van der Waals surface area contributed by atoms with Crippen molar-refractivity contribution in [3.8, 4) is 0 Å². The molecule has 0 amide bonds. The largest absolute Gasteiger partial charge is 0.367 e. The van der Waals surface area contributed by atoms with E-state index in [-0.39, 0.29) is 0 Å². The zero-order valence-electron chi connectivity index (χ0n) is 13.0. The molecule has 5 nitrogen and oxygen atoms in total. The van der Waals surface area contributed by atoms with Crippen molar-refractivity contribution in [1.82, 2.24) is 9.97 Å². The van der Waals surface area contributed by atoms with Crippen LogP contribution in [-0.2, 0) is 0 Å². The fraction of sp³-hybridized carbons (Fsp3) is 0.733.